The van der Waals surface area contributed by atoms with Crippen LogP contribution in [0.2, 0.25) is 0 Å². The molecular formula is C20H33N3O2. The second-order valence-corrected chi connectivity index (χ2v) is 8.79. The molecule has 1 unspecified atom stereocenters. The fourth-order valence-corrected chi connectivity index (χ4v) is 5.01. The molecule has 140 valence electrons. The van der Waals surface area contributed by atoms with Gasteiger partial charge in [0.25, 0.3) is 0 Å². The van der Waals surface area contributed by atoms with Crippen molar-refractivity contribution in [2.75, 3.05) is 20.1 Å². The molecular weight excluding hydrogens is 314 g/mol. The van der Waals surface area contributed by atoms with Gasteiger partial charge in [-0.1, -0.05) is 26.2 Å². The second kappa shape index (κ2) is 7.46. The molecule has 2 heterocycles. The average molecular weight is 348 g/mol. The van der Waals surface area contributed by atoms with Crippen LogP contribution in [-0.4, -0.2) is 47.6 Å². The Morgan fingerprint density at radius 3 is 2.56 bits per heavy atom. The third kappa shape index (κ3) is 4.06. The minimum atomic E-state index is -0.176. The number of hydrogen-bond donors (Lipinski definition) is 1. The van der Waals surface area contributed by atoms with Crippen molar-refractivity contribution in [2.45, 2.75) is 71.1 Å². The van der Waals surface area contributed by atoms with Crippen LogP contribution < -0.4 is 0 Å². The Morgan fingerprint density at radius 1 is 1.16 bits per heavy atom. The highest BCUT2D eigenvalue weighted by Crippen LogP contribution is 2.43. The maximum atomic E-state index is 12.8. The third-order valence-electron chi connectivity index (χ3n) is 6.85. The maximum Gasteiger partial charge on any atom is 0.228 e. The summed E-state index contributed by atoms with van der Waals surface area (Å²) in [5.74, 6) is 1.69. The Hall–Kier alpha value is -1.39. The molecule has 1 aliphatic carbocycles. The van der Waals surface area contributed by atoms with E-state index in [0.29, 0.717) is 42.8 Å². The summed E-state index contributed by atoms with van der Waals surface area (Å²) in [7, 11) is 1.70. The Morgan fingerprint density at radius 2 is 1.88 bits per heavy atom. The van der Waals surface area contributed by atoms with Gasteiger partial charge in [0.05, 0.1) is 0 Å². The second-order valence-electron chi connectivity index (χ2n) is 8.79. The van der Waals surface area contributed by atoms with E-state index in [-0.39, 0.29) is 11.3 Å². The quantitative estimate of drug-likeness (QED) is 0.850. The molecule has 3 fully saturated rings. The van der Waals surface area contributed by atoms with Crippen LogP contribution in [-0.2, 0) is 9.59 Å². The molecule has 0 aromatic heterocycles. The number of amides is 2. The standard InChI is InChI=1S/C20H33N3O2/c1-20(12-17(21)22(2)19(25)13-20)16-9-6-10-23(14-16)18(24)11-15-7-4-3-5-8-15/h15-16,21H,3-14H2,1-2H3/t16?,20-/m0/s1. The van der Waals surface area contributed by atoms with E-state index in [4.69, 9.17) is 5.41 Å². The van der Waals surface area contributed by atoms with E-state index in [9.17, 15) is 9.59 Å². The molecule has 0 radical (unpaired) electrons. The lowest BCUT2D eigenvalue weighted by molar-refractivity contribution is -0.136. The zero-order valence-corrected chi connectivity index (χ0v) is 15.9. The van der Waals surface area contributed by atoms with Crippen LogP contribution >= 0.6 is 0 Å². The Balaban J connectivity index is 1.61. The van der Waals surface area contributed by atoms with Crippen LogP contribution in [0.5, 0.6) is 0 Å². The van der Waals surface area contributed by atoms with Gasteiger partial charge in [0.1, 0.15) is 5.84 Å². The average Bonchev–Trinajstić information content (AvgIpc) is 2.60. The summed E-state index contributed by atoms with van der Waals surface area (Å²) in [6.07, 6.45) is 10.2. The number of nitrogens with zero attached hydrogens (tertiary/aromatic N) is 2. The van der Waals surface area contributed by atoms with Crippen LogP contribution in [0.1, 0.15) is 71.1 Å². The summed E-state index contributed by atoms with van der Waals surface area (Å²) in [4.78, 5) is 28.6. The smallest absolute Gasteiger partial charge is 0.228 e. The molecule has 2 atom stereocenters. The third-order valence-corrected chi connectivity index (χ3v) is 6.85. The fourth-order valence-electron chi connectivity index (χ4n) is 5.01. The van der Waals surface area contributed by atoms with E-state index in [1.807, 2.05) is 0 Å². The number of carbonyl (C=O) groups excluding carboxylic acids is 2. The predicted octanol–water partition coefficient (Wildman–Crippen LogP) is 3.43. The first-order valence-electron chi connectivity index (χ1n) is 10.0. The van der Waals surface area contributed by atoms with Crippen molar-refractivity contribution >= 4 is 17.6 Å². The number of amidine groups is 1. The minimum Gasteiger partial charge on any atom is -0.342 e. The molecule has 5 heteroatoms. The molecule has 1 saturated carbocycles. The number of carbonyl (C=O) groups is 2. The normalized spacial score (nSPS) is 32.2. The van der Waals surface area contributed by atoms with Gasteiger partial charge in [0.2, 0.25) is 11.8 Å². The van der Waals surface area contributed by atoms with Gasteiger partial charge in [-0.25, -0.2) is 0 Å². The van der Waals surface area contributed by atoms with Crippen molar-refractivity contribution in [3.8, 4) is 0 Å². The summed E-state index contributed by atoms with van der Waals surface area (Å²) in [5.41, 5.74) is -0.176. The number of nitrogens with one attached hydrogen (secondary N) is 1. The minimum absolute atomic E-state index is 0.0457. The summed E-state index contributed by atoms with van der Waals surface area (Å²) >= 11 is 0. The number of piperidine rings is 2. The maximum absolute atomic E-state index is 12.8. The Labute approximate surface area is 151 Å². The highest BCUT2D eigenvalue weighted by Gasteiger charge is 2.44. The molecule has 1 N–H and O–H groups in total. The Bertz CT molecular complexity index is 521. The molecule has 5 nitrogen and oxygen atoms in total. The van der Waals surface area contributed by atoms with Gasteiger partial charge < -0.3 is 9.80 Å². The summed E-state index contributed by atoms with van der Waals surface area (Å²) in [6, 6.07) is 0. The van der Waals surface area contributed by atoms with Crippen LogP contribution in [0.25, 0.3) is 0 Å². The lowest BCUT2D eigenvalue weighted by Gasteiger charge is -2.47. The van der Waals surface area contributed by atoms with E-state index in [1.54, 1.807) is 7.05 Å². The van der Waals surface area contributed by atoms with Crippen molar-refractivity contribution < 1.29 is 9.59 Å². The molecule has 2 amide bonds. The topological polar surface area (TPSA) is 64.5 Å². The van der Waals surface area contributed by atoms with Gasteiger partial charge in [-0.2, -0.15) is 0 Å². The SMILES string of the molecule is CN1C(=N)C[C@](C)(C2CCCN(C(=O)CC3CCCCC3)C2)CC1=O. The lowest BCUT2D eigenvalue weighted by Crippen LogP contribution is -2.52. The van der Waals surface area contributed by atoms with Gasteiger partial charge in [0, 0.05) is 39.4 Å². The van der Waals surface area contributed by atoms with Crippen molar-refractivity contribution in [1.82, 2.24) is 9.80 Å². The van der Waals surface area contributed by atoms with Crippen LogP contribution in [0.4, 0.5) is 0 Å². The molecule has 0 aromatic carbocycles. The Kier molecular flexibility index (Phi) is 5.49. The van der Waals surface area contributed by atoms with Crippen molar-refractivity contribution in [3.05, 3.63) is 0 Å². The number of rotatable bonds is 3. The highest BCUT2D eigenvalue weighted by atomic mass is 16.2. The van der Waals surface area contributed by atoms with Gasteiger partial charge in [-0.3, -0.25) is 15.0 Å². The molecule has 3 rings (SSSR count). The predicted molar refractivity (Wildman–Crippen MR) is 98.3 cm³/mol. The van der Waals surface area contributed by atoms with Crippen LogP contribution in [0, 0.1) is 22.7 Å². The first kappa shape index (κ1) is 18.4. The highest BCUT2D eigenvalue weighted by molar-refractivity contribution is 5.99. The summed E-state index contributed by atoms with van der Waals surface area (Å²) < 4.78 is 0. The molecule has 25 heavy (non-hydrogen) atoms. The molecule has 3 aliphatic rings. The zero-order chi connectivity index (χ0) is 18.0. The van der Waals surface area contributed by atoms with Crippen molar-refractivity contribution in [1.29, 1.82) is 5.41 Å². The van der Waals surface area contributed by atoms with Gasteiger partial charge in [0.15, 0.2) is 0 Å². The van der Waals surface area contributed by atoms with Crippen LogP contribution in [0.3, 0.4) is 0 Å². The van der Waals surface area contributed by atoms with E-state index in [2.05, 4.69) is 11.8 Å². The van der Waals surface area contributed by atoms with Gasteiger partial charge in [-0.05, 0) is 42.9 Å². The molecule has 0 aromatic rings. The van der Waals surface area contributed by atoms with Gasteiger partial charge in [-0.15, -0.1) is 0 Å². The molecule has 2 saturated heterocycles. The van der Waals surface area contributed by atoms with Crippen molar-refractivity contribution in [2.24, 2.45) is 17.3 Å². The monoisotopic (exact) mass is 347 g/mol. The fraction of sp³-hybridized carbons (Fsp3) is 0.850. The summed E-state index contributed by atoms with van der Waals surface area (Å²) in [5, 5.41) is 8.13. The summed E-state index contributed by atoms with van der Waals surface area (Å²) in [6.45, 7) is 3.78. The van der Waals surface area contributed by atoms with Crippen LogP contribution in [0.15, 0.2) is 0 Å². The zero-order valence-electron chi connectivity index (χ0n) is 15.9. The molecule has 2 aliphatic heterocycles. The molecule has 0 spiro atoms. The first-order valence-corrected chi connectivity index (χ1v) is 10.0. The van der Waals surface area contributed by atoms with E-state index >= 15 is 0 Å². The largest absolute Gasteiger partial charge is 0.342 e. The van der Waals surface area contributed by atoms with Gasteiger partial charge >= 0.3 is 0 Å². The van der Waals surface area contributed by atoms with Crippen molar-refractivity contribution in [3.63, 3.8) is 0 Å². The number of hydrogen-bond acceptors (Lipinski definition) is 3. The van der Waals surface area contributed by atoms with E-state index in [0.717, 1.165) is 25.9 Å². The van der Waals surface area contributed by atoms with E-state index in [1.165, 1.54) is 37.0 Å². The first-order chi connectivity index (χ1) is 11.9. The van der Waals surface area contributed by atoms with E-state index < -0.39 is 0 Å². The molecule has 0 bridgehead atoms. The number of likely N-dealkylation sites (tertiary alicyclic amines) is 2. The lowest BCUT2D eigenvalue weighted by atomic mass is 9.67.